The van der Waals surface area contributed by atoms with Gasteiger partial charge in [-0.25, -0.2) is 4.99 Å². The van der Waals surface area contributed by atoms with Crippen molar-refractivity contribution in [3.05, 3.63) is 12.4 Å². The summed E-state index contributed by atoms with van der Waals surface area (Å²) in [5, 5.41) is 0. The fraction of sp³-hybridized carbons (Fsp3) is 0.571. The van der Waals surface area contributed by atoms with Crippen LogP contribution in [-0.2, 0) is 0 Å². The zero-order chi connectivity index (χ0) is 7.49. The van der Waals surface area contributed by atoms with Crippen molar-refractivity contribution < 1.29 is 0 Å². The quantitative estimate of drug-likeness (QED) is 0.532. The van der Waals surface area contributed by atoms with Gasteiger partial charge in [-0.3, -0.25) is 0 Å². The Balaban J connectivity index is 3.86. The lowest BCUT2D eigenvalue weighted by molar-refractivity contribution is 0.606. The van der Waals surface area contributed by atoms with Crippen LogP contribution < -0.4 is 5.73 Å². The summed E-state index contributed by atoms with van der Waals surface area (Å²) >= 11 is 0. The molecular formula is C7H14N2. The molecule has 2 N–H and O–H groups in total. The Morgan fingerprint density at radius 3 is 2.11 bits per heavy atom. The Morgan fingerprint density at radius 2 is 2.00 bits per heavy atom. The van der Waals surface area contributed by atoms with Crippen molar-refractivity contribution >= 4 is 6.21 Å². The van der Waals surface area contributed by atoms with Gasteiger partial charge in [-0.15, -0.1) is 0 Å². The molecule has 52 valence electrons. The van der Waals surface area contributed by atoms with E-state index in [9.17, 15) is 0 Å². The molecule has 0 aliphatic carbocycles. The molecule has 0 aliphatic rings. The number of aliphatic imine (C=N–C) groups is 1. The summed E-state index contributed by atoms with van der Waals surface area (Å²) in [6.07, 6.45) is 1.79. The number of hydrogen-bond donors (Lipinski definition) is 1. The Bertz CT molecular complexity index is 128. The van der Waals surface area contributed by atoms with Crippen LogP contribution in [0.25, 0.3) is 0 Å². The second kappa shape index (κ2) is 2.67. The largest absolute Gasteiger partial charge is 0.384 e. The van der Waals surface area contributed by atoms with Crippen LogP contribution in [0.2, 0.25) is 0 Å². The maximum absolute atomic E-state index is 5.21. The first-order valence-corrected chi connectivity index (χ1v) is 2.91. The third kappa shape index (κ3) is 7.21. The number of hydrogen-bond acceptors (Lipinski definition) is 2. The summed E-state index contributed by atoms with van der Waals surface area (Å²) in [5.41, 5.74) is 5.31. The normalized spacial score (nSPS) is 12.3. The lowest BCUT2D eigenvalue weighted by atomic mass is 9.99. The summed E-state index contributed by atoms with van der Waals surface area (Å²) in [5.74, 6) is 0.366. The van der Waals surface area contributed by atoms with E-state index in [1.54, 1.807) is 6.21 Å². The van der Waals surface area contributed by atoms with Crippen molar-refractivity contribution in [3.63, 3.8) is 0 Å². The summed E-state index contributed by atoms with van der Waals surface area (Å²) in [4.78, 5) is 3.85. The molecule has 0 saturated heterocycles. The van der Waals surface area contributed by atoms with Gasteiger partial charge >= 0.3 is 0 Å². The van der Waals surface area contributed by atoms with Crippen molar-refractivity contribution in [2.75, 3.05) is 0 Å². The maximum atomic E-state index is 5.21. The van der Waals surface area contributed by atoms with Crippen molar-refractivity contribution in [1.29, 1.82) is 0 Å². The lowest BCUT2D eigenvalue weighted by Gasteiger charge is -2.09. The monoisotopic (exact) mass is 126 g/mol. The van der Waals surface area contributed by atoms with Crippen LogP contribution in [-0.4, -0.2) is 6.21 Å². The molecule has 0 radical (unpaired) electrons. The molecule has 0 amide bonds. The van der Waals surface area contributed by atoms with Crippen LogP contribution >= 0.6 is 0 Å². The van der Waals surface area contributed by atoms with Gasteiger partial charge in [0.25, 0.3) is 0 Å². The summed E-state index contributed by atoms with van der Waals surface area (Å²) in [7, 11) is 0. The first kappa shape index (κ1) is 8.21. The Morgan fingerprint density at radius 1 is 1.56 bits per heavy atom. The van der Waals surface area contributed by atoms with Gasteiger partial charge in [0.2, 0.25) is 0 Å². The zero-order valence-electron chi connectivity index (χ0n) is 6.31. The molecule has 2 heteroatoms. The van der Waals surface area contributed by atoms with Gasteiger partial charge in [0.15, 0.2) is 0 Å². The highest BCUT2D eigenvalue weighted by Crippen LogP contribution is 2.08. The molecule has 0 atom stereocenters. The van der Waals surface area contributed by atoms with Crippen molar-refractivity contribution in [1.82, 2.24) is 0 Å². The van der Waals surface area contributed by atoms with E-state index in [0.717, 1.165) is 0 Å². The smallest absolute Gasteiger partial charge is 0.115 e. The Hall–Kier alpha value is -0.790. The molecule has 2 nitrogen and oxygen atoms in total. The van der Waals surface area contributed by atoms with Crippen LogP contribution in [0.15, 0.2) is 17.4 Å². The van der Waals surface area contributed by atoms with Gasteiger partial charge in [-0.1, -0.05) is 27.4 Å². The van der Waals surface area contributed by atoms with Crippen LogP contribution in [0.3, 0.4) is 0 Å². The van der Waals surface area contributed by atoms with E-state index in [4.69, 9.17) is 5.73 Å². The highest BCUT2D eigenvalue weighted by Gasteiger charge is 2.03. The predicted octanol–water partition coefficient (Wildman–Crippen LogP) is 1.53. The molecular weight excluding hydrogens is 112 g/mol. The lowest BCUT2D eigenvalue weighted by Crippen LogP contribution is -2.07. The van der Waals surface area contributed by atoms with Crippen molar-refractivity contribution in [3.8, 4) is 0 Å². The van der Waals surface area contributed by atoms with Crippen LogP contribution in [0, 0.1) is 5.41 Å². The van der Waals surface area contributed by atoms with Crippen molar-refractivity contribution in [2.45, 2.75) is 20.8 Å². The summed E-state index contributed by atoms with van der Waals surface area (Å²) in [6, 6.07) is 0. The van der Waals surface area contributed by atoms with Gasteiger partial charge in [0.1, 0.15) is 5.82 Å². The molecule has 0 aromatic heterocycles. The SMILES string of the molecule is C=C(N)N=CC(C)(C)C. The minimum atomic E-state index is 0.0995. The van der Waals surface area contributed by atoms with E-state index in [2.05, 4.69) is 32.3 Å². The number of nitrogens with two attached hydrogens (primary N) is 1. The predicted molar refractivity (Wildman–Crippen MR) is 41.3 cm³/mol. The average molecular weight is 126 g/mol. The second-order valence-corrected chi connectivity index (χ2v) is 3.12. The van der Waals surface area contributed by atoms with E-state index in [0.29, 0.717) is 5.82 Å². The minimum absolute atomic E-state index is 0.0995. The molecule has 0 bridgehead atoms. The third-order valence-electron chi connectivity index (χ3n) is 0.618. The molecule has 0 aromatic rings. The highest BCUT2D eigenvalue weighted by atomic mass is 14.9. The molecule has 0 spiro atoms. The molecule has 0 heterocycles. The first-order chi connectivity index (χ1) is 3.92. The van der Waals surface area contributed by atoms with Crippen LogP contribution in [0.1, 0.15) is 20.8 Å². The van der Waals surface area contributed by atoms with Gasteiger partial charge in [0, 0.05) is 6.21 Å². The van der Waals surface area contributed by atoms with E-state index >= 15 is 0 Å². The van der Waals surface area contributed by atoms with Gasteiger partial charge in [-0.2, -0.15) is 0 Å². The third-order valence-corrected chi connectivity index (χ3v) is 0.618. The molecule has 9 heavy (non-hydrogen) atoms. The molecule has 0 unspecified atom stereocenters. The van der Waals surface area contributed by atoms with E-state index < -0.39 is 0 Å². The fourth-order valence-electron chi connectivity index (χ4n) is 0.277. The fourth-order valence-corrected chi connectivity index (χ4v) is 0.277. The summed E-state index contributed by atoms with van der Waals surface area (Å²) < 4.78 is 0. The van der Waals surface area contributed by atoms with Crippen LogP contribution in [0.5, 0.6) is 0 Å². The van der Waals surface area contributed by atoms with Gasteiger partial charge in [-0.05, 0) is 5.41 Å². The Kier molecular flexibility index (Phi) is 2.43. The number of nitrogens with zero attached hydrogens (tertiary/aromatic N) is 1. The van der Waals surface area contributed by atoms with E-state index in [-0.39, 0.29) is 5.41 Å². The molecule has 0 fully saturated rings. The zero-order valence-corrected chi connectivity index (χ0v) is 6.31. The topological polar surface area (TPSA) is 38.4 Å². The van der Waals surface area contributed by atoms with E-state index in [1.165, 1.54) is 0 Å². The van der Waals surface area contributed by atoms with E-state index in [1.807, 2.05) is 0 Å². The van der Waals surface area contributed by atoms with Crippen molar-refractivity contribution in [2.24, 2.45) is 16.1 Å². The van der Waals surface area contributed by atoms with Crippen LogP contribution in [0.4, 0.5) is 0 Å². The Labute approximate surface area is 56.5 Å². The highest BCUT2D eigenvalue weighted by molar-refractivity contribution is 5.65. The van der Waals surface area contributed by atoms with Gasteiger partial charge < -0.3 is 5.73 Å². The number of rotatable bonds is 1. The maximum Gasteiger partial charge on any atom is 0.115 e. The minimum Gasteiger partial charge on any atom is -0.384 e. The average Bonchev–Trinajstić information content (AvgIpc) is 1.59. The first-order valence-electron chi connectivity index (χ1n) is 2.91. The molecule has 0 aromatic carbocycles. The summed E-state index contributed by atoms with van der Waals surface area (Å²) in [6.45, 7) is 9.60. The molecule has 0 saturated carbocycles. The standard InChI is InChI=1S/C7H14N2/c1-6(8)9-5-7(2,3)4/h5H,1,8H2,2-4H3. The molecule has 0 rings (SSSR count). The van der Waals surface area contributed by atoms with Gasteiger partial charge in [0.05, 0.1) is 0 Å². The molecule has 0 aliphatic heterocycles. The second-order valence-electron chi connectivity index (χ2n) is 3.12.